The highest BCUT2D eigenvalue weighted by molar-refractivity contribution is 5.92. The normalized spacial score (nSPS) is 18.7. The molecule has 0 unspecified atom stereocenters. The summed E-state index contributed by atoms with van der Waals surface area (Å²) >= 11 is 0. The van der Waals surface area contributed by atoms with Crippen LogP contribution >= 0.6 is 0 Å². The van der Waals surface area contributed by atoms with Crippen LogP contribution in [0.1, 0.15) is 24.4 Å². The molecule has 2 aromatic rings. The number of hydrogen-bond acceptors (Lipinski definition) is 4. The van der Waals surface area contributed by atoms with E-state index in [-0.39, 0.29) is 30.2 Å². The van der Waals surface area contributed by atoms with Gasteiger partial charge >= 0.3 is 0 Å². The monoisotopic (exact) mass is 424 g/mol. The number of nitrogens with one attached hydrogen (secondary N) is 1. The fourth-order valence-corrected chi connectivity index (χ4v) is 4.40. The Morgan fingerprint density at radius 2 is 1.61 bits per heavy atom. The van der Waals surface area contributed by atoms with Gasteiger partial charge in [0.15, 0.2) is 0 Å². The molecular weight excluding hydrogens is 395 g/mol. The Bertz CT molecular complexity index is 893. The quantitative estimate of drug-likeness (QED) is 0.775. The summed E-state index contributed by atoms with van der Waals surface area (Å²) in [5.74, 6) is -0.353. The van der Waals surface area contributed by atoms with Gasteiger partial charge in [0.25, 0.3) is 0 Å². The molecule has 2 saturated heterocycles. The van der Waals surface area contributed by atoms with Crippen LogP contribution in [0.3, 0.4) is 0 Å². The van der Waals surface area contributed by atoms with E-state index in [1.54, 1.807) is 12.1 Å². The average molecular weight is 425 g/mol. The van der Waals surface area contributed by atoms with E-state index in [0.717, 1.165) is 31.5 Å². The molecule has 4 rings (SSSR count). The molecule has 0 saturated carbocycles. The lowest BCUT2D eigenvalue weighted by Crippen LogP contribution is -2.52. The highest BCUT2D eigenvalue weighted by Crippen LogP contribution is 2.26. The van der Waals surface area contributed by atoms with Crippen LogP contribution in [0, 0.1) is 5.82 Å². The lowest BCUT2D eigenvalue weighted by molar-refractivity contribution is -0.137. The molecule has 2 heterocycles. The molecule has 0 aliphatic carbocycles. The molecule has 2 aliphatic rings. The summed E-state index contributed by atoms with van der Waals surface area (Å²) in [5, 5.41) is 2.75. The highest BCUT2D eigenvalue weighted by Gasteiger charge is 2.34. The molecular formula is C24H29FN4O2. The maximum Gasteiger partial charge on any atom is 0.244 e. The van der Waals surface area contributed by atoms with Gasteiger partial charge < -0.3 is 10.2 Å². The minimum absolute atomic E-state index is 0.160. The molecule has 1 atom stereocenters. The summed E-state index contributed by atoms with van der Waals surface area (Å²) in [6.07, 6.45) is 2.14. The van der Waals surface area contributed by atoms with Crippen molar-refractivity contribution in [3.63, 3.8) is 0 Å². The Kier molecular flexibility index (Phi) is 6.94. The summed E-state index contributed by atoms with van der Waals surface area (Å²) in [6.45, 7) is 4.75. The number of amides is 2. The molecule has 0 radical (unpaired) electrons. The molecule has 31 heavy (non-hydrogen) atoms. The molecule has 164 valence electrons. The van der Waals surface area contributed by atoms with Crippen molar-refractivity contribution in [3.05, 3.63) is 66.0 Å². The fraction of sp³-hybridized carbons (Fsp3) is 0.417. The van der Waals surface area contributed by atoms with E-state index in [1.807, 2.05) is 35.2 Å². The van der Waals surface area contributed by atoms with Crippen molar-refractivity contribution in [3.8, 4) is 0 Å². The van der Waals surface area contributed by atoms with E-state index in [4.69, 9.17) is 0 Å². The smallest absolute Gasteiger partial charge is 0.244 e. The van der Waals surface area contributed by atoms with Crippen molar-refractivity contribution in [2.75, 3.05) is 51.1 Å². The van der Waals surface area contributed by atoms with Gasteiger partial charge in [-0.2, -0.15) is 0 Å². The van der Waals surface area contributed by atoms with Crippen molar-refractivity contribution < 1.29 is 14.0 Å². The zero-order valence-corrected chi connectivity index (χ0v) is 17.7. The van der Waals surface area contributed by atoms with E-state index in [1.165, 1.54) is 12.1 Å². The lowest BCUT2D eigenvalue weighted by atomic mass is 10.0. The average Bonchev–Trinajstić information content (AvgIpc) is 3.31. The van der Waals surface area contributed by atoms with Gasteiger partial charge in [-0.25, -0.2) is 4.39 Å². The Labute approximate surface area is 182 Å². The minimum Gasteiger partial charge on any atom is -0.341 e. The third-order valence-electron chi connectivity index (χ3n) is 6.01. The molecule has 7 heteroatoms. The third kappa shape index (κ3) is 5.48. The van der Waals surface area contributed by atoms with E-state index in [0.29, 0.717) is 31.9 Å². The van der Waals surface area contributed by atoms with Crippen LogP contribution in [-0.2, 0) is 9.59 Å². The predicted octanol–water partition coefficient (Wildman–Crippen LogP) is 2.75. The van der Waals surface area contributed by atoms with Gasteiger partial charge in [0.05, 0.1) is 6.54 Å². The zero-order valence-electron chi connectivity index (χ0n) is 17.7. The van der Waals surface area contributed by atoms with Gasteiger partial charge in [-0.15, -0.1) is 0 Å². The van der Waals surface area contributed by atoms with Gasteiger partial charge in [0, 0.05) is 45.0 Å². The maximum absolute atomic E-state index is 13.3. The van der Waals surface area contributed by atoms with E-state index in [9.17, 15) is 14.0 Å². The standard InChI is InChI=1S/C24H29FN4O2/c25-20-9-6-10-21(17-20)26-22(30)18-27-13-15-28(16-14-27)23(19-7-2-1-3-8-19)24(31)29-11-4-5-12-29/h1-3,6-10,17,23H,4-5,11-16,18H2,(H,26,30)/t23-/m1/s1. The first-order chi connectivity index (χ1) is 15.1. The molecule has 2 aromatic carbocycles. The first-order valence-corrected chi connectivity index (χ1v) is 11.0. The van der Waals surface area contributed by atoms with E-state index < -0.39 is 0 Å². The number of rotatable bonds is 6. The lowest BCUT2D eigenvalue weighted by Gasteiger charge is -2.39. The summed E-state index contributed by atoms with van der Waals surface area (Å²) in [4.78, 5) is 32.0. The molecule has 2 fully saturated rings. The van der Waals surface area contributed by atoms with E-state index >= 15 is 0 Å². The van der Waals surface area contributed by atoms with Crippen LogP contribution in [0.5, 0.6) is 0 Å². The molecule has 0 bridgehead atoms. The number of benzene rings is 2. The van der Waals surface area contributed by atoms with Gasteiger partial charge in [-0.3, -0.25) is 19.4 Å². The zero-order chi connectivity index (χ0) is 21.6. The molecule has 0 spiro atoms. The number of carbonyl (C=O) groups excluding carboxylic acids is 2. The highest BCUT2D eigenvalue weighted by atomic mass is 19.1. The van der Waals surface area contributed by atoms with Gasteiger partial charge in [0.2, 0.25) is 11.8 Å². The molecule has 2 aliphatic heterocycles. The summed E-state index contributed by atoms with van der Waals surface area (Å²) < 4.78 is 13.3. The van der Waals surface area contributed by atoms with Crippen molar-refractivity contribution in [1.82, 2.24) is 14.7 Å². The predicted molar refractivity (Wildman–Crippen MR) is 118 cm³/mol. The first kappa shape index (κ1) is 21.5. The minimum atomic E-state index is -0.374. The Morgan fingerprint density at radius 3 is 2.29 bits per heavy atom. The van der Waals surface area contributed by atoms with Crippen LogP contribution in [0.25, 0.3) is 0 Å². The number of hydrogen-bond donors (Lipinski definition) is 1. The Morgan fingerprint density at radius 1 is 0.903 bits per heavy atom. The van der Waals surface area contributed by atoms with Crippen LogP contribution in [0.2, 0.25) is 0 Å². The molecule has 1 N–H and O–H groups in total. The molecule has 2 amide bonds. The molecule has 6 nitrogen and oxygen atoms in total. The topological polar surface area (TPSA) is 55.9 Å². The Balaban J connectivity index is 1.36. The second-order valence-corrected chi connectivity index (χ2v) is 8.22. The number of likely N-dealkylation sites (tertiary alicyclic amines) is 1. The second kappa shape index (κ2) is 10.0. The van der Waals surface area contributed by atoms with Crippen LogP contribution in [-0.4, -0.2) is 72.3 Å². The van der Waals surface area contributed by atoms with Gasteiger partial charge in [0.1, 0.15) is 11.9 Å². The largest absolute Gasteiger partial charge is 0.341 e. The summed E-state index contributed by atoms with van der Waals surface area (Å²) in [7, 11) is 0. The fourth-order valence-electron chi connectivity index (χ4n) is 4.40. The number of piperazine rings is 1. The first-order valence-electron chi connectivity index (χ1n) is 11.0. The van der Waals surface area contributed by atoms with Gasteiger partial charge in [-0.1, -0.05) is 36.4 Å². The van der Waals surface area contributed by atoms with Crippen molar-refractivity contribution in [2.24, 2.45) is 0 Å². The van der Waals surface area contributed by atoms with Crippen molar-refractivity contribution in [1.29, 1.82) is 0 Å². The van der Waals surface area contributed by atoms with Crippen molar-refractivity contribution >= 4 is 17.5 Å². The SMILES string of the molecule is O=C(CN1CCN([C@@H](C(=O)N2CCCC2)c2ccccc2)CC1)Nc1cccc(F)c1. The van der Waals surface area contributed by atoms with Gasteiger partial charge in [-0.05, 0) is 36.6 Å². The van der Waals surface area contributed by atoms with E-state index in [2.05, 4.69) is 15.1 Å². The Hall–Kier alpha value is -2.77. The maximum atomic E-state index is 13.3. The number of halogens is 1. The number of carbonyl (C=O) groups is 2. The van der Waals surface area contributed by atoms with Crippen LogP contribution in [0.4, 0.5) is 10.1 Å². The number of anilines is 1. The van der Waals surface area contributed by atoms with Crippen molar-refractivity contribution in [2.45, 2.75) is 18.9 Å². The third-order valence-corrected chi connectivity index (χ3v) is 6.01. The number of nitrogens with zero attached hydrogens (tertiary/aromatic N) is 3. The summed E-state index contributed by atoms with van der Waals surface area (Å²) in [5.41, 5.74) is 1.49. The summed E-state index contributed by atoms with van der Waals surface area (Å²) in [6, 6.07) is 15.6. The molecule has 0 aromatic heterocycles. The second-order valence-electron chi connectivity index (χ2n) is 8.22. The van der Waals surface area contributed by atoms with Crippen LogP contribution in [0.15, 0.2) is 54.6 Å². The van der Waals surface area contributed by atoms with Crippen LogP contribution < -0.4 is 5.32 Å².